The van der Waals surface area contributed by atoms with Gasteiger partial charge >= 0.3 is 0 Å². The van der Waals surface area contributed by atoms with Gasteiger partial charge < -0.3 is 0 Å². The monoisotopic (exact) mass is 202 g/mol. The van der Waals surface area contributed by atoms with E-state index < -0.39 is 0 Å². The molecule has 86 valence electrons. The highest BCUT2D eigenvalue weighted by molar-refractivity contribution is 4.53. The molecular weight excluding hydrogens is 176 g/mol. The second-order valence-corrected chi connectivity index (χ2v) is 5.04. The molecule has 0 radical (unpaired) electrons. The zero-order chi connectivity index (χ0) is 11.0. The van der Waals surface area contributed by atoms with Crippen molar-refractivity contribution in [2.24, 2.45) is 17.8 Å². The molecule has 0 aromatic rings. The van der Waals surface area contributed by atoms with E-state index in [1.165, 1.54) is 12.8 Å². The first-order valence-corrected chi connectivity index (χ1v) is 5.76. The highest BCUT2D eigenvalue weighted by atomic mass is 17.2. The van der Waals surface area contributed by atoms with Crippen molar-refractivity contribution >= 4 is 0 Å². The second-order valence-electron chi connectivity index (χ2n) is 5.04. The number of hydrogen-bond acceptors (Lipinski definition) is 2. The van der Waals surface area contributed by atoms with Crippen LogP contribution in [0.1, 0.15) is 47.5 Å². The molecule has 1 unspecified atom stereocenters. The van der Waals surface area contributed by atoms with Crippen LogP contribution in [0.15, 0.2) is 0 Å². The molecule has 0 aromatic heterocycles. The van der Waals surface area contributed by atoms with Crippen LogP contribution in [-0.2, 0) is 9.78 Å². The molecule has 14 heavy (non-hydrogen) atoms. The molecule has 0 aliphatic carbocycles. The van der Waals surface area contributed by atoms with Crippen molar-refractivity contribution in [1.82, 2.24) is 0 Å². The molecule has 0 N–H and O–H groups in total. The average Bonchev–Trinajstić information content (AvgIpc) is 2.08. The zero-order valence-electron chi connectivity index (χ0n) is 10.4. The minimum Gasteiger partial charge on any atom is -0.236 e. The van der Waals surface area contributed by atoms with Gasteiger partial charge in [0.25, 0.3) is 0 Å². The molecule has 0 aromatic carbocycles. The van der Waals surface area contributed by atoms with Crippen LogP contribution in [0, 0.1) is 17.8 Å². The smallest absolute Gasteiger partial charge is 0.0847 e. The number of rotatable bonds is 8. The van der Waals surface area contributed by atoms with Crippen molar-refractivity contribution < 1.29 is 9.78 Å². The molecule has 0 fully saturated rings. The van der Waals surface area contributed by atoms with Crippen molar-refractivity contribution in [3.05, 3.63) is 0 Å². The van der Waals surface area contributed by atoms with Gasteiger partial charge in [0.15, 0.2) is 0 Å². The van der Waals surface area contributed by atoms with Gasteiger partial charge in [-0.15, -0.1) is 0 Å². The molecule has 0 spiro atoms. The Bertz CT molecular complexity index is 121. The summed E-state index contributed by atoms with van der Waals surface area (Å²) >= 11 is 0. The third-order valence-electron chi connectivity index (χ3n) is 2.07. The maximum Gasteiger partial charge on any atom is 0.0847 e. The lowest BCUT2D eigenvalue weighted by molar-refractivity contribution is -0.305. The summed E-state index contributed by atoms with van der Waals surface area (Å²) in [7, 11) is 0. The van der Waals surface area contributed by atoms with Gasteiger partial charge in [-0.1, -0.05) is 41.0 Å². The second kappa shape index (κ2) is 8.25. The summed E-state index contributed by atoms with van der Waals surface area (Å²) in [5.41, 5.74) is 0. The first-order valence-electron chi connectivity index (χ1n) is 5.76. The molecule has 0 saturated carbocycles. The van der Waals surface area contributed by atoms with Crippen molar-refractivity contribution in [3.63, 3.8) is 0 Å². The van der Waals surface area contributed by atoms with Crippen molar-refractivity contribution in [1.29, 1.82) is 0 Å². The van der Waals surface area contributed by atoms with Gasteiger partial charge in [0.1, 0.15) is 0 Å². The van der Waals surface area contributed by atoms with E-state index in [1.807, 2.05) is 0 Å². The molecule has 0 bridgehead atoms. The van der Waals surface area contributed by atoms with Crippen LogP contribution >= 0.6 is 0 Å². The van der Waals surface area contributed by atoms with Gasteiger partial charge in [0, 0.05) is 0 Å². The fourth-order valence-corrected chi connectivity index (χ4v) is 1.05. The van der Waals surface area contributed by atoms with Crippen molar-refractivity contribution in [3.8, 4) is 0 Å². The highest BCUT2D eigenvalue weighted by Crippen LogP contribution is 2.12. The van der Waals surface area contributed by atoms with Crippen LogP contribution in [0.4, 0.5) is 0 Å². The fraction of sp³-hybridized carbons (Fsp3) is 1.00. The molecule has 0 aliphatic rings. The Morgan fingerprint density at radius 2 is 1.29 bits per heavy atom. The molecule has 2 nitrogen and oxygen atoms in total. The molecular formula is C12H26O2. The average molecular weight is 202 g/mol. The highest BCUT2D eigenvalue weighted by Gasteiger charge is 2.04. The molecule has 0 heterocycles. The summed E-state index contributed by atoms with van der Waals surface area (Å²) < 4.78 is 0. The lowest BCUT2D eigenvalue weighted by Gasteiger charge is -2.13. The summed E-state index contributed by atoms with van der Waals surface area (Å²) in [5, 5.41) is 0. The Balaban J connectivity index is 3.22. The zero-order valence-corrected chi connectivity index (χ0v) is 10.4. The predicted molar refractivity (Wildman–Crippen MR) is 60.0 cm³/mol. The van der Waals surface area contributed by atoms with Crippen molar-refractivity contribution in [2.45, 2.75) is 47.5 Å². The van der Waals surface area contributed by atoms with E-state index in [2.05, 4.69) is 34.6 Å². The Labute approximate surface area is 88.9 Å². The van der Waals surface area contributed by atoms with E-state index in [0.29, 0.717) is 18.4 Å². The summed E-state index contributed by atoms with van der Waals surface area (Å²) in [6, 6.07) is 0. The molecule has 0 aliphatic heterocycles. The fourth-order valence-electron chi connectivity index (χ4n) is 1.05. The van der Waals surface area contributed by atoms with Gasteiger partial charge in [-0.05, 0) is 24.2 Å². The van der Waals surface area contributed by atoms with E-state index in [-0.39, 0.29) is 0 Å². The Morgan fingerprint density at radius 1 is 0.714 bits per heavy atom. The number of hydrogen-bond donors (Lipinski definition) is 0. The Kier molecular flexibility index (Phi) is 8.20. The molecule has 2 heteroatoms. The minimum atomic E-state index is 0.543. The third-order valence-corrected chi connectivity index (χ3v) is 2.07. The van der Waals surface area contributed by atoms with E-state index >= 15 is 0 Å². The normalized spacial score (nSPS) is 13.9. The summed E-state index contributed by atoms with van der Waals surface area (Å²) in [4.78, 5) is 10.2. The Hall–Kier alpha value is -0.0800. The van der Waals surface area contributed by atoms with E-state index in [0.717, 1.165) is 12.5 Å². The van der Waals surface area contributed by atoms with Gasteiger partial charge in [-0.25, -0.2) is 9.78 Å². The van der Waals surface area contributed by atoms with Crippen LogP contribution in [0.25, 0.3) is 0 Å². The van der Waals surface area contributed by atoms with Crippen LogP contribution in [0.3, 0.4) is 0 Å². The topological polar surface area (TPSA) is 18.5 Å². The quantitative estimate of drug-likeness (QED) is 0.340. The van der Waals surface area contributed by atoms with Crippen LogP contribution in [0.2, 0.25) is 0 Å². The van der Waals surface area contributed by atoms with Crippen LogP contribution in [-0.4, -0.2) is 13.2 Å². The lowest BCUT2D eigenvalue weighted by Crippen LogP contribution is -2.10. The summed E-state index contributed by atoms with van der Waals surface area (Å²) in [6.07, 6.45) is 2.50. The standard InChI is InChI=1S/C12H26O2/c1-10(2)6-7-12(5)9-14-13-8-11(3)4/h10-12H,6-9H2,1-5H3. The lowest BCUT2D eigenvalue weighted by atomic mass is 10.0. The van der Waals surface area contributed by atoms with E-state index in [1.54, 1.807) is 0 Å². The predicted octanol–water partition coefficient (Wildman–Crippen LogP) is 3.66. The van der Waals surface area contributed by atoms with Crippen molar-refractivity contribution in [2.75, 3.05) is 13.2 Å². The van der Waals surface area contributed by atoms with Gasteiger partial charge in [-0.3, -0.25) is 0 Å². The van der Waals surface area contributed by atoms with Crippen LogP contribution < -0.4 is 0 Å². The van der Waals surface area contributed by atoms with E-state index in [4.69, 9.17) is 9.78 Å². The summed E-state index contributed by atoms with van der Waals surface area (Å²) in [5.74, 6) is 1.93. The maximum absolute atomic E-state index is 5.14. The van der Waals surface area contributed by atoms with Gasteiger partial charge in [0.2, 0.25) is 0 Å². The Morgan fingerprint density at radius 3 is 1.79 bits per heavy atom. The molecule has 0 rings (SSSR count). The molecule has 1 atom stereocenters. The molecule has 0 amide bonds. The van der Waals surface area contributed by atoms with Crippen LogP contribution in [0.5, 0.6) is 0 Å². The van der Waals surface area contributed by atoms with E-state index in [9.17, 15) is 0 Å². The molecule has 0 saturated heterocycles. The van der Waals surface area contributed by atoms with Gasteiger partial charge in [-0.2, -0.15) is 0 Å². The van der Waals surface area contributed by atoms with Gasteiger partial charge in [0.05, 0.1) is 13.2 Å². The SMILES string of the molecule is CC(C)CCC(C)COOCC(C)C. The first kappa shape index (κ1) is 13.9. The first-order chi connectivity index (χ1) is 6.52. The largest absolute Gasteiger partial charge is 0.236 e. The third kappa shape index (κ3) is 10.0. The minimum absolute atomic E-state index is 0.543. The maximum atomic E-state index is 5.14. The summed E-state index contributed by atoms with van der Waals surface area (Å²) in [6.45, 7) is 12.4.